The summed E-state index contributed by atoms with van der Waals surface area (Å²) in [5.41, 5.74) is 0. The second kappa shape index (κ2) is 12.3. The zero-order valence-corrected chi connectivity index (χ0v) is 12.2. The topological polar surface area (TPSA) is 37.3 Å². The van der Waals surface area contributed by atoms with Crippen LogP contribution in [0, 0.1) is 0 Å². The van der Waals surface area contributed by atoms with Gasteiger partial charge in [0.25, 0.3) is 0 Å². The first kappa shape index (κ1) is 16.8. The van der Waals surface area contributed by atoms with Crippen LogP contribution < -0.4 is 0 Å². The molecule has 0 amide bonds. The van der Waals surface area contributed by atoms with Crippen LogP contribution in [-0.4, -0.2) is 22.1 Å². The highest BCUT2D eigenvalue weighted by molar-refractivity contribution is 7.99. The highest BCUT2D eigenvalue weighted by Gasteiger charge is 1.97. The van der Waals surface area contributed by atoms with Crippen LogP contribution in [0.4, 0.5) is 0 Å². The number of carboxylic acids is 1. The number of unbranched alkanes of at least 4 members (excludes halogenated alkanes) is 7. The van der Waals surface area contributed by atoms with Crippen molar-refractivity contribution in [2.45, 2.75) is 76.9 Å². The number of rotatable bonds is 12. The van der Waals surface area contributed by atoms with E-state index in [1.807, 2.05) is 0 Å². The van der Waals surface area contributed by atoms with Gasteiger partial charge in [0.15, 0.2) is 0 Å². The lowest BCUT2D eigenvalue weighted by molar-refractivity contribution is -0.137. The number of carboxylic acid groups (broad SMARTS) is 1. The van der Waals surface area contributed by atoms with Crippen molar-refractivity contribution in [3.63, 3.8) is 0 Å². The van der Waals surface area contributed by atoms with Crippen molar-refractivity contribution >= 4 is 17.7 Å². The summed E-state index contributed by atoms with van der Waals surface area (Å²) >= 11 is 2.05. The molecule has 3 heteroatoms. The molecule has 0 aromatic carbocycles. The van der Waals surface area contributed by atoms with Crippen molar-refractivity contribution in [3.05, 3.63) is 0 Å². The summed E-state index contributed by atoms with van der Waals surface area (Å²) in [7, 11) is 0. The lowest BCUT2D eigenvalue weighted by atomic mass is 10.1. The molecule has 0 saturated carbocycles. The van der Waals surface area contributed by atoms with Crippen LogP contribution in [0.25, 0.3) is 0 Å². The Morgan fingerprint density at radius 3 is 1.88 bits per heavy atom. The van der Waals surface area contributed by atoms with Crippen molar-refractivity contribution in [2.24, 2.45) is 0 Å². The first-order chi connectivity index (χ1) is 8.13. The summed E-state index contributed by atoms with van der Waals surface area (Å²) in [6.07, 6.45) is 10.1. The largest absolute Gasteiger partial charge is 0.481 e. The molecule has 0 fully saturated rings. The van der Waals surface area contributed by atoms with Crippen LogP contribution in [-0.2, 0) is 4.79 Å². The van der Waals surface area contributed by atoms with E-state index in [1.165, 1.54) is 44.3 Å². The third-order valence-corrected chi connectivity index (χ3v) is 3.93. The molecule has 2 nitrogen and oxygen atoms in total. The monoisotopic (exact) mass is 260 g/mol. The minimum atomic E-state index is -0.660. The highest BCUT2D eigenvalue weighted by atomic mass is 32.2. The molecule has 0 aromatic heterocycles. The second-order valence-corrected chi connectivity index (χ2v) is 6.58. The Balaban J connectivity index is 2.96. The quantitative estimate of drug-likeness (QED) is 0.516. The van der Waals surface area contributed by atoms with E-state index < -0.39 is 5.97 Å². The summed E-state index contributed by atoms with van der Waals surface area (Å²) in [6, 6.07) is 0. The molecule has 0 radical (unpaired) electrons. The van der Waals surface area contributed by atoms with Crippen molar-refractivity contribution in [3.8, 4) is 0 Å². The lowest BCUT2D eigenvalue weighted by Gasteiger charge is -2.04. The van der Waals surface area contributed by atoms with E-state index in [9.17, 15) is 4.79 Å². The van der Waals surface area contributed by atoms with Crippen LogP contribution in [0.15, 0.2) is 0 Å². The molecule has 0 aliphatic rings. The summed E-state index contributed by atoms with van der Waals surface area (Å²) in [6.45, 7) is 4.50. The molecule has 0 spiro atoms. The molecule has 0 unspecified atom stereocenters. The Bertz CT molecular complexity index is 181. The number of thioether (sulfide) groups is 1. The predicted molar refractivity (Wildman–Crippen MR) is 76.8 cm³/mol. The molecule has 0 heterocycles. The minimum Gasteiger partial charge on any atom is -0.481 e. The summed E-state index contributed by atoms with van der Waals surface area (Å²) in [4.78, 5) is 10.3. The molecule has 0 aromatic rings. The number of hydrogen-bond donors (Lipinski definition) is 1. The van der Waals surface area contributed by atoms with E-state index in [4.69, 9.17) is 5.11 Å². The molecular weight excluding hydrogens is 232 g/mol. The third kappa shape index (κ3) is 15.8. The smallest absolute Gasteiger partial charge is 0.303 e. The van der Waals surface area contributed by atoms with Gasteiger partial charge in [-0.15, -0.1) is 0 Å². The minimum absolute atomic E-state index is 0.340. The summed E-state index contributed by atoms with van der Waals surface area (Å²) < 4.78 is 0. The van der Waals surface area contributed by atoms with Crippen molar-refractivity contribution in [2.75, 3.05) is 5.75 Å². The molecule has 0 aliphatic carbocycles. The second-order valence-electron chi connectivity index (χ2n) is 4.89. The van der Waals surface area contributed by atoms with Crippen LogP contribution in [0.1, 0.15) is 71.6 Å². The molecular formula is C14H28O2S. The maximum atomic E-state index is 10.3. The van der Waals surface area contributed by atoms with Gasteiger partial charge in [-0.05, 0) is 23.8 Å². The first-order valence-corrected chi connectivity index (χ1v) is 8.01. The van der Waals surface area contributed by atoms with Gasteiger partial charge >= 0.3 is 5.97 Å². The van der Waals surface area contributed by atoms with E-state index in [0.717, 1.165) is 18.1 Å². The van der Waals surface area contributed by atoms with E-state index in [2.05, 4.69) is 25.6 Å². The van der Waals surface area contributed by atoms with Gasteiger partial charge in [-0.1, -0.05) is 52.4 Å². The highest BCUT2D eigenvalue weighted by Crippen LogP contribution is 2.14. The van der Waals surface area contributed by atoms with Crippen LogP contribution >= 0.6 is 11.8 Å². The fourth-order valence-corrected chi connectivity index (χ4v) is 2.60. The van der Waals surface area contributed by atoms with E-state index in [0.29, 0.717) is 6.42 Å². The Kier molecular flexibility index (Phi) is 12.2. The molecule has 0 bridgehead atoms. The molecule has 1 N–H and O–H groups in total. The Hall–Kier alpha value is -0.180. The van der Waals surface area contributed by atoms with Gasteiger partial charge in [0, 0.05) is 6.42 Å². The van der Waals surface area contributed by atoms with Crippen molar-refractivity contribution < 1.29 is 9.90 Å². The van der Waals surface area contributed by atoms with E-state index in [-0.39, 0.29) is 0 Å². The van der Waals surface area contributed by atoms with Crippen LogP contribution in [0.3, 0.4) is 0 Å². The van der Waals surface area contributed by atoms with E-state index >= 15 is 0 Å². The zero-order chi connectivity index (χ0) is 12.9. The van der Waals surface area contributed by atoms with Crippen LogP contribution in [0.2, 0.25) is 0 Å². The number of hydrogen-bond acceptors (Lipinski definition) is 2. The van der Waals surface area contributed by atoms with E-state index in [1.54, 1.807) is 0 Å². The molecule has 0 atom stereocenters. The summed E-state index contributed by atoms with van der Waals surface area (Å²) in [5, 5.41) is 9.24. The average Bonchev–Trinajstić information content (AvgIpc) is 2.25. The SMILES string of the molecule is CC(C)SCCCCCCCCCCC(=O)O. The normalized spacial score (nSPS) is 11.0. The van der Waals surface area contributed by atoms with Crippen LogP contribution in [0.5, 0.6) is 0 Å². The Labute approximate surface area is 111 Å². The van der Waals surface area contributed by atoms with Gasteiger partial charge < -0.3 is 5.11 Å². The standard InChI is InChI=1S/C14H28O2S/c1-13(2)17-12-10-8-6-4-3-5-7-9-11-14(15)16/h13H,3-12H2,1-2H3,(H,15,16). The molecule has 0 rings (SSSR count). The van der Waals surface area contributed by atoms with Gasteiger partial charge in [0.2, 0.25) is 0 Å². The molecule has 17 heavy (non-hydrogen) atoms. The third-order valence-electron chi connectivity index (χ3n) is 2.74. The first-order valence-electron chi connectivity index (χ1n) is 6.96. The average molecular weight is 260 g/mol. The van der Waals surface area contributed by atoms with Gasteiger partial charge in [-0.25, -0.2) is 0 Å². The summed E-state index contributed by atoms with van der Waals surface area (Å²) in [5.74, 6) is 0.642. The van der Waals surface area contributed by atoms with Gasteiger partial charge in [0.05, 0.1) is 0 Å². The number of carbonyl (C=O) groups is 1. The fraction of sp³-hybridized carbons (Fsp3) is 0.929. The van der Waals surface area contributed by atoms with Gasteiger partial charge in [-0.3, -0.25) is 4.79 Å². The molecule has 0 aliphatic heterocycles. The Morgan fingerprint density at radius 2 is 1.41 bits per heavy atom. The maximum absolute atomic E-state index is 10.3. The predicted octanol–water partition coefficient (Wildman–Crippen LogP) is 4.72. The van der Waals surface area contributed by atoms with Gasteiger partial charge in [-0.2, -0.15) is 11.8 Å². The van der Waals surface area contributed by atoms with Gasteiger partial charge in [0.1, 0.15) is 0 Å². The number of aliphatic carboxylic acids is 1. The lowest BCUT2D eigenvalue weighted by Crippen LogP contribution is -1.93. The fourth-order valence-electron chi connectivity index (χ4n) is 1.76. The molecule has 102 valence electrons. The van der Waals surface area contributed by atoms with Crippen molar-refractivity contribution in [1.82, 2.24) is 0 Å². The Morgan fingerprint density at radius 1 is 0.941 bits per heavy atom. The zero-order valence-electron chi connectivity index (χ0n) is 11.4. The maximum Gasteiger partial charge on any atom is 0.303 e. The van der Waals surface area contributed by atoms with Crippen molar-refractivity contribution in [1.29, 1.82) is 0 Å². The molecule has 0 saturated heterocycles.